The van der Waals surface area contributed by atoms with E-state index in [1.807, 2.05) is 40.8 Å². The molecule has 0 fully saturated rings. The van der Waals surface area contributed by atoms with Crippen LogP contribution in [0.5, 0.6) is 5.75 Å². The van der Waals surface area contributed by atoms with Gasteiger partial charge in [0, 0.05) is 18.8 Å². The van der Waals surface area contributed by atoms with E-state index in [0.29, 0.717) is 12.1 Å². The minimum atomic E-state index is -0.141. The molecular formula is C14H13IN2O2. The Hall–Kier alpha value is -1.63. The summed E-state index contributed by atoms with van der Waals surface area (Å²) in [7, 11) is 1.71. The maximum absolute atomic E-state index is 12.2. The van der Waals surface area contributed by atoms with Gasteiger partial charge in [-0.15, -0.1) is 0 Å². The third-order valence-corrected chi connectivity index (χ3v) is 3.58. The number of phenolic OH excluding ortho intramolecular Hbond substituents is 1. The van der Waals surface area contributed by atoms with Crippen LogP contribution in [0.1, 0.15) is 16.1 Å². The predicted octanol–water partition coefficient (Wildman–Crippen LogP) is 2.66. The van der Waals surface area contributed by atoms with Gasteiger partial charge in [0.05, 0.1) is 15.8 Å². The summed E-state index contributed by atoms with van der Waals surface area (Å²) in [6.07, 6.45) is 1.70. The molecular weight excluding hydrogens is 355 g/mol. The Morgan fingerprint density at radius 1 is 1.37 bits per heavy atom. The van der Waals surface area contributed by atoms with Gasteiger partial charge in [0.1, 0.15) is 5.75 Å². The molecule has 1 amide bonds. The highest BCUT2D eigenvalue weighted by Crippen LogP contribution is 2.21. The molecule has 0 saturated heterocycles. The molecule has 0 aliphatic heterocycles. The molecule has 0 bridgehead atoms. The van der Waals surface area contributed by atoms with Gasteiger partial charge < -0.3 is 10.0 Å². The molecule has 1 N–H and O–H groups in total. The SMILES string of the molecule is CN(Cc1ccccn1)C(=O)c1ccc(I)c(O)c1. The van der Waals surface area contributed by atoms with Crippen LogP contribution in [0.4, 0.5) is 0 Å². The number of aromatic nitrogens is 1. The summed E-state index contributed by atoms with van der Waals surface area (Å²) in [6, 6.07) is 10.5. The molecule has 2 aromatic rings. The van der Waals surface area contributed by atoms with Gasteiger partial charge in [-0.05, 0) is 52.9 Å². The molecule has 0 atom stereocenters. The Morgan fingerprint density at radius 3 is 2.79 bits per heavy atom. The van der Waals surface area contributed by atoms with E-state index in [1.54, 1.807) is 30.3 Å². The first kappa shape index (κ1) is 13.8. The van der Waals surface area contributed by atoms with Gasteiger partial charge in [-0.3, -0.25) is 9.78 Å². The number of rotatable bonds is 3. The van der Waals surface area contributed by atoms with Crippen molar-refractivity contribution in [1.29, 1.82) is 0 Å². The lowest BCUT2D eigenvalue weighted by molar-refractivity contribution is 0.0783. The van der Waals surface area contributed by atoms with Crippen molar-refractivity contribution in [3.63, 3.8) is 0 Å². The van der Waals surface area contributed by atoms with Gasteiger partial charge in [0.2, 0.25) is 0 Å². The largest absolute Gasteiger partial charge is 0.507 e. The third-order valence-electron chi connectivity index (χ3n) is 2.67. The zero-order valence-corrected chi connectivity index (χ0v) is 12.5. The van der Waals surface area contributed by atoms with Crippen LogP contribution in [0.2, 0.25) is 0 Å². The van der Waals surface area contributed by atoms with Crippen LogP contribution in [0.25, 0.3) is 0 Å². The van der Waals surface area contributed by atoms with Crippen LogP contribution in [-0.2, 0) is 6.54 Å². The summed E-state index contributed by atoms with van der Waals surface area (Å²) in [6.45, 7) is 0.437. The van der Waals surface area contributed by atoms with Crippen molar-refractivity contribution in [3.05, 3.63) is 57.4 Å². The number of aromatic hydroxyl groups is 1. The summed E-state index contributed by atoms with van der Waals surface area (Å²) >= 11 is 2.02. The Balaban J connectivity index is 2.12. The van der Waals surface area contributed by atoms with Crippen LogP contribution < -0.4 is 0 Å². The first-order valence-electron chi connectivity index (χ1n) is 5.72. The fourth-order valence-corrected chi connectivity index (χ4v) is 2.01. The number of carbonyl (C=O) groups excluding carboxylic acids is 1. The average Bonchev–Trinajstić information content (AvgIpc) is 2.42. The van der Waals surface area contributed by atoms with E-state index in [9.17, 15) is 9.90 Å². The smallest absolute Gasteiger partial charge is 0.254 e. The molecule has 0 unspecified atom stereocenters. The minimum Gasteiger partial charge on any atom is -0.507 e. The lowest BCUT2D eigenvalue weighted by atomic mass is 10.2. The summed E-state index contributed by atoms with van der Waals surface area (Å²) in [4.78, 5) is 18.0. The standard InChI is InChI=1S/C14H13IN2O2/c1-17(9-11-4-2-3-7-16-11)14(19)10-5-6-12(15)13(18)8-10/h2-8,18H,9H2,1H3. The van der Waals surface area contributed by atoms with E-state index in [-0.39, 0.29) is 11.7 Å². The quantitative estimate of drug-likeness (QED) is 0.848. The number of carbonyl (C=O) groups is 1. The number of halogens is 1. The van der Waals surface area contributed by atoms with E-state index in [4.69, 9.17) is 0 Å². The molecule has 0 saturated carbocycles. The third kappa shape index (κ3) is 3.44. The second-order valence-corrected chi connectivity index (χ2v) is 5.31. The number of hydrogen-bond donors (Lipinski definition) is 1. The monoisotopic (exact) mass is 368 g/mol. The van der Waals surface area contributed by atoms with Crippen molar-refractivity contribution < 1.29 is 9.90 Å². The summed E-state index contributed by atoms with van der Waals surface area (Å²) < 4.78 is 0.724. The first-order valence-corrected chi connectivity index (χ1v) is 6.79. The highest BCUT2D eigenvalue weighted by molar-refractivity contribution is 14.1. The lowest BCUT2D eigenvalue weighted by Gasteiger charge is -2.17. The zero-order chi connectivity index (χ0) is 13.8. The van der Waals surface area contributed by atoms with E-state index in [0.717, 1.165) is 9.26 Å². The molecule has 0 aliphatic rings. The van der Waals surface area contributed by atoms with E-state index >= 15 is 0 Å². The molecule has 4 nitrogen and oxygen atoms in total. The molecule has 98 valence electrons. The topological polar surface area (TPSA) is 53.4 Å². The van der Waals surface area contributed by atoms with Crippen molar-refractivity contribution in [2.45, 2.75) is 6.54 Å². The van der Waals surface area contributed by atoms with E-state index in [1.165, 1.54) is 6.07 Å². The van der Waals surface area contributed by atoms with Crippen molar-refractivity contribution >= 4 is 28.5 Å². The molecule has 0 aliphatic carbocycles. The molecule has 19 heavy (non-hydrogen) atoms. The van der Waals surface area contributed by atoms with Crippen LogP contribution in [0.3, 0.4) is 0 Å². The number of pyridine rings is 1. The Kier molecular flexibility index (Phi) is 4.36. The van der Waals surface area contributed by atoms with Gasteiger partial charge in [-0.25, -0.2) is 0 Å². The normalized spacial score (nSPS) is 10.2. The van der Waals surface area contributed by atoms with Crippen LogP contribution in [0.15, 0.2) is 42.6 Å². The molecule has 1 heterocycles. The van der Waals surface area contributed by atoms with Gasteiger partial charge in [0.25, 0.3) is 5.91 Å². The predicted molar refractivity (Wildman–Crippen MR) is 80.9 cm³/mol. The summed E-state index contributed by atoms with van der Waals surface area (Å²) in [5.74, 6) is -0.0185. The van der Waals surface area contributed by atoms with Crippen molar-refractivity contribution in [2.75, 3.05) is 7.05 Å². The number of nitrogens with zero attached hydrogens (tertiary/aromatic N) is 2. The first-order chi connectivity index (χ1) is 9.08. The Labute approximate surface area is 125 Å². The van der Waals surface area contributed by atoms with Gasteiger partial charge >= 0.3 is 0 Å². The number of phenols is 1. The zero-order valence-electron chi connectivity index (χ0n) is 10.4. The number of benzene rings is 1. The van der Waals surface area contributed by atoms with Crippen molar-refractivity contribution in [3.8, 4) is 5.75 Å². The second-order valence-electron chi connectivity index (χ2n) is 4.15. The fraction of sp³-hybridized carbons (Fsp3) is 0.143. The second kappa shape index (κ2) is 6.01. The lowest BCUT2D eigenvalue weighted by Crippen LogP contribution is -2.26. The maximum atomic E-state index is 12.2. The Bertz CT molecular complexity index is 587. The van der Waals surface area contributed by atoms with Crippen molar-refractivity contribution in [1.82, 2.24) is 9.88 Å². The molecule has 0 spiro atoms. The molecule has 5 heteroatoms. The highest BCUT2D eigenvalue weighted by Gasteiger charge is 2.13. The number of hydrogen-bond acceptors (Lipinski definition) is 3. The van der Waals surface area contributed by atoms with Crippen LogP contribution in [-0.4, -0.2) is 27.9 Å². The van der Waals surface area contributed by atoms with E-state index < -0.39 is 0 Å². The minimum absolute atomic E-state index is 0.123. The highest BCUT2D eigenvalue weighted by atomic mass is 127. The van der Waals surface area contributed by atoms with Crippen LogP contribution >= 0.6 is 22.6 Å². The van der Waals surface area contributed by atoms with E-state index in [2.05, 4.69) is 4.98 Å². The molecule has 2 rings (SSSR count). The average molecular weight is 368 g/mol. The molecule has 1 aromatic carbocycles. The van der Waals surface area contributed by atoms with Crippen LogP contribution in [0, 0.1) is 3.57 Å². The number of amides is 1. The van der Waals surface area contributed by atoms with Gasteiger partial charge in [-0.1, -0.05) is 6.07 Å². The maximum Gasteiger partial charge on any atom is 0.254 e. The van der Waals surface area contributed by atoms with Crippen molar-refractivity contribution in [2.24, 2.45) is 0 Å². The summed E-state index contributed by atoms with van der Waals surface area (Å²) in [5.41, 5.74) is 1.30. The summed E-state index contributed by atoms with van der Waals surface area (Å²) in [5, 5.41) is 9.63. The van der Waals surface area contributed by atoms with Gasteiger partial charge in [-0.2, -0.15) is 0 Å². The Morgan fingerprint density at radius 2 is 2.16 bits per heavy atom. The molecule has 1 aromatic heterocycles. The van der Waals surface area contributed by atoms with Gasteiger partial charge in [0.15, 0.2) is 0 Å². The molecule has 0 radical (unpaired) electrons. The fourth-order valence-electron chi connectivity index (χ4n) is 1.67.